The van der Waals surface area contributed by atoms with Gasteiger partial charge < -0.3 is 30.2 Å². The largest absolute Gasteiger partial charge is 0.444 e. The molecule has 2 amide bonds. The molecule has 10 heteroatoms. The summed E-state index contributed by atoms with van der Waals surface area (Å²) >= 11 is 0. The number of piperazine rings is 1. The highest BCUT2D eigenvalue weighted by Gasteiger charge is 2.27. The summed E-state index contributed by atoms with van der Waals surface area (Å²) in [6.07, 6.45) is 3.11. The molecule has 212 valence electrons. The number of ether oxygens (including phenoxy) is 1. The number of carbonyl (C=O) groups is 2. The van der Waals surface area contributed by atoms with Gasteiger partial charge >= 0.3 is 6.09 Å². The van der Waals surface area contributed by atoms with Gasteiger partial charge in [0.05, 0.1) is 0 Å². The van der Waals surface area contributed by atoms with E-state index in [1.165, 1.54) is 5.56 Å². The number of fused-ring (bicyclic) bond motifs is 1. The van der Waals surface area contributed by atoms with Gasteiger partial charge in [-0.15, -0.1) is 0 Å². The number of nitrogens with zero attached hydrogens (tertiary/aromatic N) is 4. The fourth-order valence-corrected chi connectivity index (χ4v) is 5.06. The molecule has 2 aromatic rings. The molecule has 0 saturated carbocycles. The van der Waals surface area contributed by atoms with Crippen LogP contribution in [0.25, 0.3) is 0 Å². The van der Waals surface area contributed by atoms with Crippen LogP contribution in [0.1, 0.15) is 75.1 Å². The number of hydrogen-bond acceptors (Lipinski definition) is 7. The number of hydrogen-bond donors (Lipinski definition) is 3. The van der Waals surface area contributed by atoms with Crippen molar-refractivity contribution >= 4 is 29.7 Å². The Kier molecular flexibility index (Phi) is 8.84. The molecule has 0 aliphatic carbocycles. The van der Waals surface area contributed by atoms with Gasteiger partial charge in [0.25, 0.3) is 5.91 Å². The molecule has 4 rings (SSSR count). The summed E-state index contributed by atoms with van der Waals surface area (Å²) in [4.78, 5) is 33.7. The van der Waals surface area contributed by atoms with Gasteiger partial charge in [-0.05, 0) is 57.4 Å². The summed E-state index contributed by atoms with van der Waals surface area (Å²) in [7, 11) is 1.66. The van der Waals surface area contributed by atoms with Crippen LogP contribution in [0.2, 0.25) is 0 Å². The van der Waals surface area contributed by atoms with Crippen LogP contribution in [0.4, 0.5) is 16.3 Å². The lowest BCUT2D eigenvalue weighted by Gasteiger charge is -2.35. The maximum absolute atomic E-state index is 12.6. The molecule has 2 aliphatic rings. The SMILES string of the molecule is CCC(CC)n1c(C(=O)NC)cc2c1NC(Nc1ccc(CN3CCN(C(=O)OC(C)(C)C)CC3)cc1)N=C2. The summed E-state index contributed by atoms with van der Waals surface area (Å²) in [5, 5.41) is 9.70. The van der Waals surface area contributed by atoms with E-state index < -0.39 is 5.60 Å². The molecule has 0 bridgehead atoms. The van der Waals surface area contributed by atoms with Crippen molar-refractivity contribution in [1.82, 2.24) is 19.7 Å². The van der Waals surface area contributed by atoms with Gasteiger partial charge in [0, 0.05) is 63.3 Å². The van der Waals surface area contributed by atoms with Crippen molar-refractivity contribution in [3.05, 3.63) is 47.2 Å². The number of nitrogens with one attached hydrogen (secondary N) is 3. The second-order valence-electron chi connectivity index (χ2n) is 11.2. The highest BCUT2D eigenvalue weighted by atomic mass is 16.6. The Hall–Kier alpha value is -3.53. The summed E-state index contributed by atoms with van der Waals surface area (Å²) in [6.45, 7) is 13.8. The van der Waals surface area contributed by atoms with Crippen LogP contribution in [-0.4, -0.2) is 77.7 Å². The lowest BCUT2D eigenvalue weighted by atomic mass is 10.1. The Morgan fingerprint density at radius 3 is 2.36 bits per heavy atom. The van der Waals surface area contributed by atoms with Gasteiger partial charge in [-0.2, -0.15) is 0 Å². The lowest BCUT2D eigenvalue weighted by Crippen LogP contribution is -2.49. The second kappa shape index (κ2) is 12.1. The first kappa shape index (κ1) is 28.5. The Bertz CT molecular complexity index is 1170. The summed E-state index contributed by atoms with van der Waals surface area (Å²) in [5.74, 6) is 0.815. The van der Waals surface area contributed by atoms with Crippen LogP contribution in [-0.2, 0) is 11.3 Å². The van der Waals surface area contributed by atoms with E-state index in [0.717, 1.165) is 49.5 Å². The highest BCUT2D eigenvalue weighted by Crippen LogP contribution is 2.31. The third kappa shape index (κ3) is 6.92. The molecule has 0 radical (unpaired) electrons. The molecule has 39 heavy (non-hydrogen) atoms. The monoisotopic (exact) mass is 537 g/mol. The predicted molar refractivity (Wildman–Crippen MR) is 156 cm³/mol. The molecule has 1 unspecified atom stereocenters. The Morgan fingerprint density at radius 2 is 1.77 bits per heavy atom. The van der Waals surface area contributed by atoms with Gasteiger partial charge in [-0.25, -0.2) is 9.79 Å². The van der Waals surface area contributed by atoms with Crippen molar-refractivity contribution in [2.24, 2.45) is 4.99 Å². The standard InChI is InChI=1S/C29H43N7O3/c1-7-23(8-2)36-24(26(37)30-6)17-21-18-31-27(33-25(21)36)32-22-11-9-20(10-12-22)19-34-13-15-35(16-14-34)28(38)39-29(3,4)5/h9-12,17-18,23,27,32-33H,7-8,13-16,19H2,1-6H3,(H,30,37). The van der Waals surface area contributed by atoms with Crippen molar-refractivity contribution < 1.29 is 14.3 Å². The third-order valence-corrected chi connectivity index (χ3v) is 7.16. The predicted octanol–water partition coefficient (Wildman–Crippen LogP) is 4.50. The molecule has 1 aromatic heterocycles. The lowest BCUT2D eigenvalue weighted by molar-refractivity contribution is 0.0139. The first-order valence-electron chi connectivity index (χ1n) is 13.9. The van der Waals surface area contributed by atoms with Crippen LogP contribution in [0.15, 0.2) is 35.3 Å². The quantitative estimate of drug-likeness (QED) is 0.458. The zero-order valence-electron chi connectivity index (χ0n) is 24.1. The van der Waals surface area contributed by atoms with Crippen LogP contribution >= 0.6 is 0 Å². The fourth-order valence-electron chi connectivity index (χ4n) is 5.06. The molecule has 1 saturated heterocycles. The van der Waals surface area contributed by atoms with E-state index in [-0.39, 0.29) is 24.3 Å². The van der Waals surface area contributed by atoms with Gasteiger partial charge in [-0.3, -0.25) is 9.69 Å². The molecular formula is C29H43N7O3. The molecule has 1 fully saturated rings. The van der Waals surface area contributed by atoms with E-state index >= 15 is 0 Å². The third-order valence-electron chi connectivity index (χ3n) is 7.16. The van der Waals surface area contributed by atoms with Crippen LogP contribution < -0.4 is 16.0 Å². The van der Waals surface area contributed by atoms with E-state index in [2.05, 4.69) is 68.5 Å². The number of aliphatic imine (C=N–C) groups is 1. The molecule has 3 N–H and O–H groups in total. The van der Waals surface area contributed by atoms with Crippen molar-refractivity contribution in [2.45, 2.75) is 71.9 Å². The van der Waals surface area contributed by atoms with E-state index in [0.29, 0.717) is 18.8 Å². The maximum Gasteiger partial charge on any atom is 0.410 e. The van der Waals surface area contributed by atoms with E-state index in [1.807, 2.05) is 33.1 Å². The second-order valence-corrected chi connectivity index (χ2v) is 11.2. The number of amides is 2. The Balaban J connectivity index is 1.34. The minimum absolute atomic E-state index is 0.0992. The van der Waals surface area contributed by atoms with Crippen molar-refractivity contribution in [2.75, 3.05) is 43.9 Å². The number of rotatable bonds is 8. The number of aromatic nitrogens is 1. The molecular weight excluding hydrogens is 494 g/mol. The highest BCUT2D eigenvalue weighted by molar-refractivity contribution is 5.99. The zero-order chi connectivity index (χ0) is 28.2. The summed E-state index contributed by atoms with van der Waals surface area (Å²) in [6, 6.07) is 10.5. The number of anilines is 2. The van der Waals surface area contributed by atoms with Crippen LogP contribution in [0.3, 0.4) is 0 Å². The fraction of sp³-hybridized carbons (Fsp3) is 0.552. The van der Waals surface area contributed by atoms with Gasteiger partial charge in [0.1, 0.15) is 17.1 Å². The topological polar surface area (TPSA) is 103 Å². The van der Waals surface area contributed by atoms with Gasteiger partial charge in [0.2, 0.25) is 0 Å². The maximum atomic E-state index is 12.6. The zero-order valence-corrected chi connectivity index (χ0v) is 24.1. The first-order valence-corrected chi connectivity index (χ1v) is 13.9. The average Bonchev–Trinajstić information content (AvgIpc) is 3.28. The molecule has 10 nitrogen and oxygen atoms in total. The normalized spacial score (nSPS) is 17.5. The first-order chi connectivity index (χ1) is 18.6. The van der Waals surface area contributed by atoms with Crippen LogP contribution in [0.5, 0.6) is 0 Å². The minimum Gasteiger partial charge on any atom is -0.444 e. The molecule has 1 aromatic carbocycles. The molecule has 0 spiro atoms. The van der Waals surface area contributed by atoms with Crippen molar-refractivity contribution in [3.63, 3.8) is 0 Å². The minimum atomic E-state index is -0.475. The molecule has 1 atom stereocenters. The summed E-state index contributed by atoms with van der Waals surface area (Å²) < 4.78 is 7.61. The van der Waals surface area contributed by atoms with Gasteiger partial charge in [0.15, 0.2) is 6.29 Å². The van der Waals surface area contributed by atoms with Gasteiger partial charge in [-0.1, -0.05) is 26.0 Å². The Labute approximate surface area is 231 Å². The molecule has 2 aliphatic heterocycles. The van der Waals surface area contributed by atoms with Crippen molar-refractivity contribution in [3.8, 4) is 0 Å². The van der Waals surface area contributed by atoms with E-state index in [9.17, 15) is 9.59 Å². The number of carbonyl (C=O) groups excluding carboxylic acids is 2. The Morgan fingerprint density at radius 1 is 1.10 bits per heavy atom. The van der Waals surface area contributed by atoms with E-state index in [4.69, 9.17) is 4.74 Å². The van der Waals surface area contributed by atoms with Crippen LogP contribution in [0, 0.1) is 0 Å². The van der Waals surface area contributed by atoms with E-state index in [1.54, 1.807) is 11.9 Å². The summed E-state index contributed by atoms with van der Waals surface area (Å²) in [5.41, 5.74) is 3.26. The molecule has 3 heterocycles. The average molecular weight is 538 g/mol. The smallest absolute Gasteiger partial charge is 0.410 e. The van der Waals surface area contributed by atoms with Crippen molar-refractivity contribution in [1.29, 1.82) is 0 Å². The number of benzene rings is 1.